The van der Waals surface area contributed by atoms with Gasteiger partial charge in [0.1, 0.15) is 0 Å². The Bertz CT molecular complexity index is 1860. The summed E-state index contributed by atoms with van der Waals surface area (Å²) in [6.45, 7) is 4.63. The molecule has 0 amide bonds. The van der Waals surface area contributed by atoms with E-state index in [2.05, 4.69) is 120 Å². The Balaban J connectivity index is 1.03. The summed E-state index contributed by atoms with van der Waals surface area (Å²) in [5, 5.41) is 0. The molecule has 0 bridgehead atoms. The summed E-state index contributed by atoms with van der Waals surface area (Å²) in [6, 6.07) is 22.6. The third-order valence-electron chi connectivity index (χ3n) is 13.1. The highest BCUT2D eigenvalue weighted by Gasteiger charge is 2.25. The highest BCUT2D eigenvalue weighted by molar-refractivity contribution is 7.45. The van der Waals surface area contributed by atoms with Gasteiger partial charge in [-0.3, -0.25) is 0 Å². The molecule has 0 nitrogen and oxygen atoms in total. The molecule has 0 aliphatic carbocycles. The number of benzene rings is 2. The van der Waals surface area contributed by atoms with E-state index in [0.717, 1.165) is 0 Å². The molecular formula is C56H80S4. The molecule has 6 rings (SSSR count). The number of unbranched alkanes of at least 4 members (excludes halogenated alkanes) is 28. The Morgan fingerprint density at radius 3 is 0.800 bits per heavy atom. The second-order valence-corrected chi connectivity index (χ2v) is 22.2. The van der Waals surface area contributed by atoms with Gasteiger partial charge in [-0.25, -0.2) is 0 Å². The van der Waals surface area contributed by atoms with Gasteiger partial charge in [0.15, 0.2) is 0 Å². The zero-order valence-corrected chi connectivity index (χ0v) is 41.3. The molecule has 2 aromatic carbocycles. The van der Waals surface area contributed by atoms with Crippen LogP contribution in [0.4, 0.5) is 0 Å². The Morgan fingerprint density at radius 2 is 0.517 bits per heavy atom. The van der Waals surface area contributed by atoms with Crippen molar-refractivity contribution in [2.75, 3.05) is 0 Å². The van der Waals surface area contributed by atoms with Crippen molar-refractivity contribution in [1.29, 1.82) is 0 Å². The quantitative estimate of drug-likeness (QED) is 0.0354. The minimum absolute atomic E-state index is 1.21. The third kappa shape index (κ3) is 14.5. The molecule has 60 heavy (non-hydrogen) atoms. The van der Waals surface area contributed by atoms with Gasteiger partial charge in [0.25, 0.3) is 0 Å². The Hall–Kier alpha value is -1.98. The zero-order valence-electron chi connectivity index (χ0n) is 38.0. The standard InChI is InChI=1S/C56H80S4/c1-3-5-7-9-11-13-15-17-19-21-23-25-27-29-37-43-47-49(45-39-33-31-34-40-45)57-53-51(47)59-56-54-52(60-55(53)56)48(50(58-54)46-41-35-32-36-42-46)44-38-30-28-26-24-22-20-18-16-14-12-10-8-6-4-2/h31-36,39-42H,3-30,37-38,43-44H2,1-2H3. The third-order valence-corrected chi connectivity index (χ3v) is 18.9. The lowest BCUT2D eigenvalue weighted by Crippen LogP contribution is -1.88. The minimum atomic E-state index is 1.21. The summed E-state index contributed by atoms with van der Waals surface area (Å²) < 4.78 is 9.45. The van der Waals surface area contributed by atoms with E-state index in [9.17, 15) is 0 Å². The highest BCUT2D eigenvalue weighted by Crippen LogP contribution is 2.55. The van der Waals surface area contributed by atoms with Crippen LogP contribution in [0.25, 0.3) is 49.1 Å². The highest BCUT2D eigenvalue weighted by atomic mass is 32.1. The summed E-state index contributed by atoms with van der Waals surface area (Å²) in [7, 11) is 0. The monoisotopic (exact) mass is 881 g/mol. The molecule has 4 heteroatoms. The van der Waals surface area contributed by atoms with Crippen molar-refractivity contribution >= 4 is 73.5 Å². The van der Waals surface area contributed by atoms with Gasteiger partial charge < -0.3 is 0 Å². The second kappa shape index (κ2) is 27.9. The normalized spacial score (nSPS) is 12.0. The second-order valence-electron chi connectivity index (χ2n) is 18.1. The van der Waals surface area contributed by atoms with Crippen LogP contribution in [0.2, 0.25) is 0 Å². The lowest BCUT2D eigenvalue weighted by Gasteiger charge is -2.06. The van der Waals surface area contributed by atoms with Gasteiger partial charge in [0, 0.05) is 9.75 Å². The van der Waals surface area contributed by atoms with Gasteiger partial charge in [0.05, 0.1) is 28.2 Å². The molecule has 4 aromatic heterocycles. The van der Waals surface area contributed by atoms with Crippen LogP contribution in [-0.4, -0.2) is 0 Å². The number of hydrogen-bond donors (Lipinski definition) is 0. The van der Waals surface area contributed by atoms with Crippen LogP contribution in [0.3, 0.4) is 0 Å². The molecular weight excluding hydrogens is 801 g/mol. The molecule has 0 unspecified atom stereocenters. The van der Waals surface area contributed by atoms with Crippen molar-refractivity contribution in [3.8, 4) is 20.9 Å². The number of rotatable bonds is 34. The number of hydrogen-bond acceptors (Lipinski definition) is 4. The summed E-state index contributed by atoms with van der Waals surface area (Å²) in [5.74, 6) is 0. The Labute approximate surface area is 383 Å². The number of aryl methyl sites for hydroxylation is 2. The Kier molecular flexibility index (Phi) is 22.1. The van der Waals surface area contributed by atoms with Crippen molar-refractivity contribution in [3.63, 3.8) is 0 Å². The molecule has 0 saturated carbocycles. The molecule has 0 aliphatic rings. The largest absolute Gasteiger partial charge is 0.132 e. The maximum atomic E-state index is 2.34. The van der Waals surface area contributed by atoms with E-state index in [-0.39, 0.29) is 0 Å². The van der Waals surface area contributed by atoms with Gasteiger partial charge >= 0.3 is 0 Å². The van der Waals surface area contributed by atoms with Crippen molar-refractivity contribution in [2.24, 2.45) is 0 Å². The average Bonchev–Trinajstić information content (AvgIpc) is 4.02. The van der Waals surface area contributed by atoms with Crippen LogP contribution < -0.4 is 0 Å². The fraction of sp³-hybridized carbons (Fsp3) is 0.607. The molecule has 0 radical (unpaired) electrons. The first-order chi connectivity index (χ1) is 29.8. The van der Waals surface area contributed by atoms with Gasteiger partial charge in [-0.15, -0.1) is 45.3 Å². The Morgan fingerprint density at radius 1 is 0.267 bits per heavy atom. The summed E-state index contributed by atoms with van der Waals surface area (Å²) >= 11 is 8.43. The van der Waals surface area contributed by atoms with E-state index in [1.807, 2.05) is 0 Å². The van der Waals surface area contributed by atoms with Crippen LogP contribution in [-0.2, 0) is 12.8 Å². The van der Waals surface area contributed by atoms with Gasteiger partial charge in [-0.05, 0) is 47.9 Å². The van der Waals surface area contributed by atoms with E-state index in [0.29, 0.717) is 0 Å². The number of thiophene rings is 4. The molecule has 0 fully saturated rings. The van der Waals surface area contributed by atoms with E-state index in [4.69, 9.17) is 0 Å². The van der Waals surface area contributed by atoms with Gasteiger partial charge in [-0.2, -0.15) is 0 Å². The molecule has 0 aliphatic heterocycles. The first kappa shape index (κ1) is 47.5. The first-order valence-corrected chi connectivity index (χ1v) is 28.6. The van der Waals surface area contributed by atoms with E-state index < -0.39 is 0 Å². The molecule has 0 N–H and O–H groups in total. The molecule has 4 heterocycles. The summed E-state index contributed by atoms with van der Waals surface area (Å²) in [5.41, 5.74) is 6.09. The molecule has 0 atom stereocenters. The van der Waals surface area contributed by atoms with Crippen LogP contribution in [0.15, 0.2) is 60.7 Å². The maximum absolute atomic E-state index is 2.34. The fourth-order valence-corrected chi connectivity index (χ4v) is 15.7. The van der Waals surface area contributed by atoms with Crippen LogP contribution in [0.1, 0.15) is 218 Å². The molecule has 6 aromatic rings. The molecule has 0 saturated heterocycles. The smallest absolute Gasteiger partial charge is 0.0651 e. The zero-order chi connectivity index (χ0) is 41.5. The lowest BCUT2D eigenvalue weighted by atomic mass is 10.0. The predicted octanol–water partition coefficient (Wildman–Crippen LogP) is 21.6. The van der Waals surface area contributed by atoms with E-state index in [1.54, 1.807) is 39.3 Å². The van der Waals surface area contributed by atoms with E-state index in [1.165, 1.54) is 226 Å². The summed E-state index contributed by atoms with van der Waals surface area (Å²) in [6.07, 6.45) is 45.0. The van der Waals surface area contributed by atoms with Crippen molar-refractivity contribution < 1.29 is 0 Å². The predicted molar refractivity (Wildman–Crippen MR) is 279 cm³/mol. The SMILES string of the molecule is CCCCCCCCCCCCCCCCCc1c(-c2ccccc2)sc2c1sc1c3sc(-c4ccccc4)c(CCCCCCCCCCCCCCCCC)c3sc21. The van der Waals surface area contributed by atoms with Crippen LogP contribution >= 0.6 is 45.3 Å². The van der Waals surface area contributed by atoms with Crippen molar-refractivity contribution in [1.82, 2.24) is 0 Å². The summed E-state index contributed by atoms with van der Waals surface area (Å²) in [4.78, 5) is 3.06. The first-order valence-electron chi connectivity index (χ1n) is 25.3. The lowest BCUT2D eigenvalue weighted by molar-refractivity contribution is 0.532. The molecule has 0 spiro atoms. The molecule has 328 valence electrons. The van der Waals surface area contributed by atoms with Crippen molar-refractivity contribution in [3.05, 3.63) is 71.8 Å². The maximum Gasteiger partial charge on any atom is 0.0651 e. The van der Waals surface area contributed by atoms with Crippen LogP contribution in [0.5, 0.6) is 0 Å². The van der Waals surface area contributed by atoms with E-state index >= 15 is 0 Å². The van der Waals surface area contributed by atoms with Gasteiger partial charge in [-0.1, -0.05) is 254 Å². The average molecular weight is 882 g/mol. The topological polar surface area (TPSA) is 0 Å². The van der Waals surface area contributed by atoms with Gasteiger partial charge in [0.2, 0.25) is 0 Å². The fourth-order valence-electron chi connectivity index (χ4n) is 9.46. The minimum Gasteiger partial charge on any atom is -0.132 e. The van der Waals surface area contributed by atoms with Crippen molar-refractivity contribution in [2.45, 2.75) is 219 Å². The number of fused-ring (bicyclic) bond motifs is 5. The van der Waals surface area contributed by atoms with Crippen LogP contribution in [0, 0.1) is 0 Å².